The van der Waals surface area contributed by atoms with Gasteiger partial charge in [0.25, 0.3) is 0 Å². The first-order valence-corrected chi connectivity index (χ1v) is 6.22. The van der Waals surface area contributed by atoms with E-state index in [4.69, 9.17) is 0 Å². The molecule has 0 bridgehead atoms. The minimum Gasteiger partial charge on any atom is -0.316 e. The Morgan fingerprint density at radius 1 is 1.56 bits per heavy atom. The van der Waals surface area contributed by atoms with Crippen LogP contribution in [0.5, 0.6) is 0 Å². The highest BCUT2D eigenvalue weighted by atomic mass is 35.5. The van der Waals surface area contributed by atoms with Crippen LogP contribution in [0.3, 0.4) is 0 Å². The normalized spacial score (nSPS) is 21.0. The van der Waals surface area contributed by atoms with Crippen LogP contribution in [0.2, 0.25) is 0 Å². The van der Waals surface area contributed by atoms with Crippen LogP contribution in [0.25, 0.3) is 0 Å². The third-order valence-corrected chi connectivity index (χ3v) is 3.88. The van der Waals surface area contributed by atoms with Crippen molar-refractivity contribution in [2.75, 3.05) is 20.1 Å². The van der Waals surface area contributed by atoms with Crippen molar-refractivity contribution in [1.82, 2.24) is 15.2 Å². The molecule has 1 fully saturated rings. The Hall–Kier alpha value is -0.370. The van der Waals surface area contributed by atoms with E-state index in [-0.39, 0.29) is 12.4 Å². The van der Waals surface area contributed by atoms with Crippen molar-refractivity contribution >= 4 is 23.7 Å². The maximum atomic E-state index is 12.4. The van der Waals surface area contributed by atoms with Crippen LogP contribution in [-0.4, -0.2) is 36.1 Å². The fourth-order valence-electron chi connectivity index (χ4n) is 1.94. The largest absolute Gasteiger partial charge is 0.443 e. The van der Waals surface area contributed by atoms with Crippen molar-refractivity contribution in [3.63, 3.8) is 0 Å². The molecule has 3 nitrogen and oxygen atoms in total. The van der Waals surface area contributed by atoms with Crippen molar-refractivity contribution in [2.24, 2.45) is 0 Å². The quantitative estimate of drug-likeness (QED) is 0.929. The molecule has 0 aromatic carbocycles. The van der Waals surface area contributed by atoms with Crippen LogP contribution in [0.15, 0.2) is 6.20 Å². The number of alkyl halides is 3. The number of nitrogens with zero attached hydrogens (tertiary/aromatic N) is 2. The van der Waals surface area contributed by atoms with Crippen LogP contribution in [0.4, 0.5) is 13.2 Å². The second-order valence-corrected chi connectivity index (χ2v) is 5.25. The topological polar surface area (TPSA) is 28.2 Å². The highest BCUT2D eigenvalue weighted by molar-refractivity contribution is 7.11. The molecular weight excluding hydrogens is 287 g/mol. The van der Waals surface area contributed by atoms with Crippen LogP contribution in [0.1, 0.15) is 16.3 Å². The minimum atomic E-state index is -4.32. The summed E-state index contributed by atoms with van der Waals surface area (Å²) in [5.74, 6) is 0. The summed E-state index contributed by atoms with van der Waals surface area (Å²) in [4.78, 5) is 6.24. The van der Waals surface area contributed by atoms with E-state index in [1.165, 1.54) is 6.20 Å². The summed E-state index contributed by atoms with van der Waals surface area (Å²) in [5.41, 5.74) is 0. The summed E-state index contributed by atoms with van der Waals surface area (Å²) in [6.07, 6.45) is -1.94. The maximum Gasteiger partial charge on any atom is 0.443 e. The molecule has 18 heavy (non-hydrogen) atoms. The molecular formula is C10H15ClF3N3S. The predicted molar refractivity (Wildman–Crippen MR) is 67.1 cm³/mol. The zero-order valence-corrected chi connectivity index (χ0v) is 11.5. The van der Waals surface area contributed by atoms with E-state index in [2.05, 4.69) is 15.2 Å². The molecule has 1 saturated heterocycles. The highest BCUT2D eigenvalue weighted by Gasteiger charge is 2.34. The zero-order valence-electron chi connectivity index (χ0n) is 9.83. The molecule has 2 heterocycles. The zero-order chi connectivity index (χ0) is 12.5. The monoisotopic (exact) mass is 301 g/mol. The lowest BCUT2D eigenvalue weighted by Crippen LogP contribution is -2.29. The summed E-state index contributed by atoms with van der Waals surface area (Å²) < 4.78 is 37.1. The minimum absolute atomic E-state index is 0. The fourth-order valence-corrected chi connectivity index (χ4v) is 2.77. The van der Waals surface area contributed by atoms with Crippen LogP contribution < -0.4 is 5.32 Å². The molecule has 1 aromatic rings. The first-order chi connectivity index (χ1) is 7.99. The molecule has 1 aromatic heterocycles. The van der Waals surface area contributed by atoms with Gasteiger partial charge in [0.1, 0.15) is 0 Å². The first-order valence-electron chi connectivity index (χ1n) is 5.40. The van der Waals surface area contributed by atoms with Gasteiger partial charge in [0.05, 0.1) is 0 Å². The predicted octanol–water partition coefficient (Wildman–Crippen LogP) is 2.38. The molecule has 1 aliphatic heterocycles. The van der Waals surface area contributed by atoms with E-state index in [1.54, 1.807) is 0 Å². The van der Waals surface area contributed by atoms with Gasteiger partial charge in [-0.1, -0.05) is 0 Å². The van der Waals surface area contributed by atoms with Crippen molar-refractivity contribution < 1.29 is 13.2 Å². The Labute approximate surface area is 114 Å². The Bertz CT molecular complexity index is 383. The second kappa shape index (κ2) is 6.18. The summed E-state index contributed by atoms with van der Waals surface area (Å²) in [6, 6.07) is 0.449. The molecule has 1 atom stereocenters. The van der Waals surface area contributed by atoms with Gasteiger partial charge in [-0.2, -0.15) is 13.2 Å². The van der Waals surface area contributed by atoms with Gasteiger partial charge in [0.15, 0.2) is 5.01 Å². The molecule has 1 aliphatic rings. The molecule has 0 amide bonds. The molecule has 0 radical (unpaired) electrons. The number of likely N-dealkylation sites (N-methyl/N-ethyl adjacent to an activating group) is 1. The standard InChI is InChI=1S/C10H14F3N3S.ClH/c1-14-7-2-3-16(5-7)6-8-4-15-9(17-8)10(11,12)13;/h4,7,14H,2-3,5-6H2,1H3;1H. The van der Waals surface area contributed by atoms with Crippen molar-refractivity contribution in [2.45, 2.75) is 25.2 Å². The number of halogens is 4. The first kappa shape index (κ1) is 15.7. The number of aromatic nitrogens is 1. The van der Waals surface area contributed by atoms with E-state index >= 15 is 0 Å². The Kier molecular flexibility index (Phi) is 5.39. The van der Waals surface area contributed by atoms with Crippen molar-refractivity contribution in [1.29, 1.82) is 0 Å². The average Bonchev–Trinajstić information content (AvgIpc) is 2.86. The average molecular weight is 302 g/mol. The molecule has 0 spiro atoms. The molecule has 0 aliphatic carbocycles. The fraction of sp³-hybridized carbons (Fsp3) is 0.700. The summed E-state index contributed by atoms with van der Waals surface area (Å²) in [5, 5.41) is 2.42. The molecule has 1 N–H and O–H groups in total. The number of nitrogens with one attached hydrogen (secondary N) is 1. The van der Waals surface area contributed by atoms with Gasteiger partial charge in [0, 0.05) is 36.8 Å². The molecule has 8 heteroatoms. The lowest BCUT2D eigenvalue weighted by Gasteiger charge is -2.14. The summed E-state index contributed by atoms with van der Waals surface area (Å²) >= 11 is 0.737. The van der Waals surface area contributed by atoms with E-state index in [9.17, 15) is 13.2 Å². The van der Waals surface area contributed by atoms with Gasteiger partial charge in [0.2, 0.25) is 0 Å². The van der Waals surface area contributed by atoms with Gasteiger partial charge in [-0.25, -0.2) is 4.98 Å². The summed E-state index contributed by atoms with van der Waals surface area (Å²) in [6.45, 7) is 2.37. The summed E-state index contributed by atoms with van der Waals surface area (Å²) in [7, 11) is 1.91. The van der Waals surface area contributed by atoms with Crippen molar-refractivity contribution in [3.8, 4) is 0 Å². The smallest absolute Gasteiger partial charge is 0.316 e. The Morgan fingerprint density at radius 3 is 2.78 bits per heavy atom. The van der Waals surface area contributed by atoms with Crippen molar-refractivity contribution in [3.05, 3.63) is 16.1 Å². The van der Waals surface area contributed by atoms with Gasteiger partial charge >= 0.3 is 6.18 Å². The van der Waals surface area contributed by atoms with Gasteiger partial charge in [-0.3, -0.25) is 4.90 Å². The number of thiazole rings is 1. The lowest BCUT2D eigenvalue weighted by molar-refractivity contribution is -0.137. The molecule has 0 saturated carbocycles. The maximum absolute atomic E-state index is 12.4. The lowest BCUT2D eigenvalue weighted by atomic mass is 10.3. The Morgan fingerprint density at radius 2 is 2.28 bits per heavy atom. The van der Waals surface area contributed by atoms with E-state index in [1.807, 2.05) is 7.05 Å². The van der Waals surface area contributed by atoms with Gasteiger partial charge in [-0.15, -0.1) is 23.7 Å². The molecule has 104 valence electrons. The van der Waals surface area contributed by atoms with E-state index in [0.717, 1.165) is 30.8 Å². The number of rotatable bonds is 3. The third kappa shape index (κ3) is 3.81. The highest BCUT2D eigenvalue weighted by Crippen LogP contribution is 2.32. The SMILES string of the molecule is CNC1CCN(Cc2cnc(C(F)(F)F)s2)C1.Cl. The second-order valence-electron chi connectivity index (χ2n) is 4.14. The van der Waals surface area contributed by atoms with Gasteiger partial charge in [-0.05, 0) is 13.5 Å². The molecule has 1 unspecified atom stereocenters. The Balaban J connectivity index is 0.00000162. The van der Waals surface area contributed by atoms with Gasteiger partial charge < -0.3 is 5.32 Å². The van der Waals surface area contributed by atoms with Crippen LogP contribution in [-0.2, 0) is 12.7 Å². The number of likely N-dealkylation sites (tertiary alicyclic amines) is 1. The third-order valence-electron chi connectivity index (χ3n) is 2.86. The number of hydrogen-bond donors (Lipinski definition) is 1. The van der Waals surface area contributed by atoms with Crippen LogP contribution >= 0.6 is 23.7 Å². The van der Waals surface area contributed by atoms with Crippen LogP contribution in [0, 0.1) is 0 Å². The molecule has 2 rings (SSSR count). The number of hydrogen-bond acceptors (Lipinski definition) is 4. The van der Waals surface area contributed by atoms with E-state index < -0.39 is 11.2 Å². The van der Waals surface area contributed by atoms with E-state index in [0.29, 0.717) is 17.5 Å².